The molecule has 0 aliphatic rings. The molecule has 0 fully saturated rings. The minimum atomic E-state index is -4.28. The summed E-state index contributed by atoms with van der Waals surface area (Å²) >= 11 is 12.5. The van der Waals surface area contributed by atoms with Gasteiger partial charge in [0.15, 0.2) is 0 Å². The highest BCUT2D eigenvalue weighted by atomic mass is 35.5. The van der Waals surface area contributed by atoms with Gasteiger partial charge in [0.1, 0.15) is 18.4 Å². The van der Waals surface area contributed by atoms with Crippen molar-refractivity contribution in [2.24, 2.45) is 0 Å². The summed E-state index contributed by atoms with van der Waals surface area (Å²) in [6.45, 7) is 3.08. The quantitative estimate of drug-likeness (QED) is 0.168. The second-order valence-corrected chi connectivity index (χ2v) is 13.3. The van der Waals surface area contributed by atoms with E-state index in [-0.39, 0.29) is 40.5 Å². The first-order valence-electron chi connectivity index (χ1n) is 14.4. The van der Waals surface area contributed by atoms with Gasteiger partial charge >= 0.3 is 0 Å². The normalized spacial score (nSPS) is 12.6. The lowest BCUT2D eigenvalue weighted by Gasteiger charge is -2.34. The molecule has 2 atom stereocenters. The summed E-state index contributed by atoms with van der Waals surface area (Å²) in [6.07, 6.45) is 0.830. The summed E-state index contributed by atoms with van der Waals surface area (Å²) in [5, 5.41) is 3.58. The van der Waals surface area contributed by atoms with Crippen LogP contribution in [-0.4, -0.2) is 43.8 Å². The number of amides is 2. The molecule has 0 saturated carbocycles. The Morgan fingerprint density at radius 1 is 0.844 bits per heavy atom. The zero-order chi connectivity index (χ0) is 32.6. The summed E-state index contributed by atoms with van der Waals surface area (Å²) in [4.78, 5) is 29.6. The average molecular weight is 671 g/mol. The van der Waals surface area contributed by atoms with E-state index >= 15 is 0 Å². The summed E-state index contributed by atoms with van der Waals surface area (Å²) in [7, 11) is -4.28. The van der Waals surface area contributed by atoms with Gasteiger partial charge in [-0.05, 0) is 73.0 Å². The first-order valence-corrected chi connectivity index (χ1v) is 16.6. The van der Waals surface area contributed by atoms with Crippen LogP contribution in [0, 0.1) is 5.82 Å². The number of halogens is 3. The molecule has 0 radical (unpaired) electrons. The molecule has 4 aromatic carbocycles. The van der Waals surface area contributed by atoms with E-state index in [4.69, 9.17) is 23.2 Å². The summed E-state index contributed by atoms with van der Waals surface area (Å²) in [6, 6.07) is 25.4. The van der Waals surface area contributed by atoms with E-state index in [0.29, 0.717) is 17.0 Å². The maximum atomic E-state index is 14.4. The van der Waals surface area contributed by atoms with Crippen molar-refractivity contribution in [1.82, 2.24) is 10.2 Å². The largest absolute Gasteiger partial charge is 0.352 e. The fourth-order valence-electron chi connectivity index (χ4n) is 4.69. The number of hydrogen-bond acceptors (Lipinski definition) is 4. The van der Waals surface area contributed by atoms with Crippen LogP contribution >= 0.6 is 23.2 Å². The highest BCUT2D eigenvalue weighted by Gasteiger charge is 2.35. The molecule has 2 unspecified atom stereocenters. The number of rotatable bonds is 13. The van der Waals surface area contributed by atoms with Gasteiger partial charge < -0.3 is 10.2 Å². The molecule has 1 N–H and O–H groups in total. The first kappa shape index (κ1) is 34.0. The van der Waals surface area contributed by atoms with E-state index in [9.17, 15) is 22.4 Å². The molecule has 0 spiro atoms. The maximum Gasteiger partial charge on any atom is 0.264 e. The second kappa shape index (κ2) is 15.4. The lowest BCUT2D eigenvalue weighted by Crippen LogP contribution is -2.54. The Morgan fingerprint density at radius 2 is 1.47 bits per heavy atom. The van der Waals surface area contributed by atoms with Gasteiger partial charge in [-0.15, -0.1) is 0 Å². The molecular formula is C34H34Cl2FN3O4S. The van der Waals surface area contributed by atoms with Gasteiger partial charge in [-0.2, -0.15) is 0 Å². The molecule has 2 amide bonds. The summed E-state index contributed by atoms with van der Waals surface area (Å²) in [5.41, 5.74) is 1.49. The molecule has 0 bridgehead atoms. The van der Waals surface area contributed by atoms with E-state index in [0.717, 1.165) is 22.0 Å². The number of nitrogens with one attached hydrogen (secondary N) is 1. The molecule has 0 saturated heterocycles. The Balaban J connectivity index is 1.81. The first-order chi connectivity index (χ1) is 21.5. The van der Waals surface area contributed by atoms with E-state index in [1.165, 1.54) is 29.2 Å². The summed E-state index contributed by atoms with van der Waals surface area (Å²) in [5.74, 6) is -1.60. The number of benzene rings is 4. The zero-order valence-corrected chi connectivity index (χ0v) is 27.2. The van der Waals surface area contributed by atoms with Crippen molar-refractivity contribution in [3.8, 4) is 0 Å². The van der Waals surface area contributed by atoms with Crippen LogP contribution in [0.4, 0.5) is 10.1 Å². The van der Waals surface area contributed by atoms with E-state index in [1.54, 1.807) is 36.4 Å². The highest BCUT2D eigenvalue weighted by Crippen LogP contribution is 2.27. The molecule has 0 aliphatic heterocycles. The van der Waals surface area contributed by atoms with E-state index in [2.05, 4.69) is 5.32 Å². The van der Waals surface area contributed by atoms with Gasteiger partial charge in [0.05, 0.1) is 20.6 Å². The molecule has 0 heterocycles. The van der Waals surface area contributed by atoms with E-state index < -0.39 is 34.3 Å². The molecule has 4 aromatic rings. The van der Waals surface area contributed by atoms with Crippen LogP contribution in [0.2, 0.25) is 10.0 Å². The fraction of sp³-hybridized carbons (Fsp3) is 0.235. The molecular weight excluding hydrogens is 636 g/mol. The number of nitrogens with zero attached hydrogens (tertiary/aromatic N) is 2. The van der Waals surface area contributed by atoms with Crippen LogP contribution in [-0.2, 0) is 32.6 Å². The number of carbonyl (C=O) groups is 2. The van der Waals surface area contributed by atoms with Crippen molar-refractivity contribution in [1.29, 1.82) is 0 Å². The van der Waals surface area contributed by atoms with Crippen LogP contribution in [0.5, 0.6) is 0 Å². The lowest BCUT2D eigenvalue weighted by molar-refractivity contribution is -0.140. The number of carbonyl (C=O) groups excluding carboxylic acids is 2. The Hall–Kier alpha value is -3.92. The lowest BCUT2D eigenvalue weighted by atomic mass is 10.0. The van der Waals surface area contributed by atoms with Crippen LogP contribution in [0.3, 0.4) is 0 Å². The monoisotopic (exact) mass is 669 g/mol. The zero-order valence-electron chi connectivity index (χ0n) is 24.9. The average Bonchev–Trinajstić information content (AvgIpc) is 3.04. The van der Waals surface area contributed by atoms with Crippen LogP contribution in [0.15, 0.2) is 108 Å². The molecule has 0 aliphatic carbocycles. The van der Waals surface area contributed by atoms with Gasteiger partial charge in [0, 0.05) is 19.0 Å². The third-order valence-electron chi connectivity index (χ3n) is 7.33. The van der Waals surface area contributed by atoms with Gasteiger partial charge in [-0.25, -0.2) is 12.8 Å². The Morgan fingerprint density at radius 3 is 2.07 bits per heavy atom. The van der Waals surface area contributed by atoms with Crippen molar-refractivity contribution in [3.63, 3.8) is 0 Å². The third-order valence-corrected chi connectivity index (χ3v) is 9.86. The Kier molecular flexibility index (Phi) is 11.6. The number of anilines is 1. The standard InChI is InChI=1S/C34H34Cl2FN3O4S/c1-3-24(2)38-34(42)32(21-25-10-6-4-7-11-25)39(22-26-14-19-30(35)31(36)20-26)33(41)23-40(28-17-15-27(37)16-18-28)45(43,44)29-12-8-5-9-13-29/h4-20,24,32H,3,21-23H2,1-2H3,(H,38,42). The van der Waals surface area contributed by atoms with Crippen molar-refractivity contribution < 1.29 is 22.4 Å². The predicted octanol–water partition coefficient (Wildman–Crippen LogP) is 6.88. The smallest absolute Gasteiger partial charge is 0.264 e. The number of hydrogen-bond donors (Lipinski definition) is 1. The van der Waals surface area contributed by atoms with Crippen molar-refractivity contribution in [3.05, 3.63) is 130 Å². The van der Waals surface area contributed by atoms with Gasteiger partial charge in [-0.1, -0.05) is 84.7 Å². The predicted molar refractivity (Wildman–Crippen MR) is 176 cm³/mol. The molecule has 45 heavy (non-hydrogen) atoms. The van der Waals surface area contributed by atoms with Crippen molar-refractivity contribution in [2.75, 3.05) is 10.8 Å². The Bertz CT molecular complexity index is 1710. The van der Waals surface area contributed by atoms with Crippen LogP contribution < -0.4 is 9.62 Å². The second-order valence-electron chi connectivity index (χ2n) is 10.6. The van der Waals surface area contributed by atoms with E-state index in [1.807, 2.05) is 44.2 Å². The van der Waals surface area contributed by atoms with Crippen molar-refractivity contribution >= 4 is 50.7 Å². The topological polar surface area (TPSA) is 86.8 Å². The van der Waals surface area contributed by atoms with Gasteiger partial charge in [-0.3, -0.25) is 13.9 Å². The van der Waals surface area contributed by atoms with Gasteiger partial charge in [0.25, 0.3) is 10.0 Å². The van der Waals surface area contributed by atoms with Crippen LogP contribution in [0.25, 0.3) is 0 Å². The molecule has 7 nitrogen and oxygen atoms in total. The fourth-order valence-corrected chi connectivity index (χ4v) is 6.44. The molecule has 0 aromatic heterocycles. The maximum absolute atomic E-state index is 14.4. The summed E-state index contributed by atoms with van der Waals surface area (Å²) < 4.78 is 42.7. The third kappa shape index (κ3) is 8.84. The van der Waals surface area contributed by atoms with Gasteiger partial charge in [0.2, 0.25) is 11.8 Å². The molecule has 4 rings (SSSR count). The molecule has 11 heteroatoms. The minimum Gasteiger partial charge on any atom is -0.352 e. The molecule has 236 valence electrons. The van der Waals surface area contributed by atoms with Crippen LogP contribution in [0.1, 0.15) is 31.4 Å². The Labute approximate surface area is 273 Å². The minimum absolute atomic E-state index is 0.0477. The van der Waals surface area contributed by atoms with Crippen molar-refractivity contribution in [2.45, 2.75) is 50.2 Å². The number of sulfonamides is 1. The SMILES string of the molecule is CCC(C)NC(=O)C(Cc1ccccc1)N(Cc1ccc(Cl)c(Cl)c1)C(=O)CN(c1ccc(F)cc1)S(=O)(=O)c1ccccc1. The highest BCUT2D eigenvalue weighted by molar-refractivity contribution is 7.92.